The highest BCUT2D eigenvalue weighted by atomic mass is 35.5. The Hall–Kier alpha value is -1.30. The lowest BCUT2D eigenvalue weighted by Gasteiger charge is -2.17. The summed E-state index contributed by atoms with van der Waals surface area (Å²) in [4.78, 5) is 13.9. The van der Waals surface area contributed by atoms with E-state index in [1.807, 2.05) is 43.6 Å². The molecule has 0 bridgehead atoms. The third kappa shape index (κ3) is 4.88. The molecule has 0 amide bonds. The van der Waals surface area contributed by atoms with E-state index in [4.69, 9.17) is 16.3 Å². The average molecular weight is 327 g/mol. The van der Waals surface area contributed by atoms with E-state index in [-0.39, 0.29) is 4.87 Å². The first-order chi connectivity index (χ1) is 10.1. The average Bonchev–Trinajstić information content (AvgIpc) is 2.78. The second-order valence-corrected chi connectivity index (χ2v) is 6.16. The Morgan fingerprint density at radius 2 is 2.00 bits per heavy atom. The number of ether oxygens (including phenoxy) is 1. The van der Waals surface area contributed by atoms with Crippen LogP contribution in [0.1, 0.15) is 5.69 Å². The van der Waals surface area contributed by atoms with Crippen LogP contribution in [0.15, 0.2) is 34.4 Å². The first-order valence-corrected chi connectivity index (χ1v) is 8.04. The highest BCUT2D eigenvalue weighted by Crippen LogP contribution is 2.15. The maximum Gasteiger partial charge on any atom is 0.307 e. The summed E-state index contributed by atoms with van der Waals surface area (Å²) in [5.41, 5.74) is 1.02. The molecule has 0 saturated heterocycles. The fourth-order valence-electron chi connectivity index (χ4n) is 1.91. The lowest BCUT2D eigenvalue weighted by Crippen LogP contribution is -2.30. The minimum atomic E-state index is 0.110. The van der Waals surface area contributed by atoms with Gasteiger partial charge in [0.15, 0.2) is 0 Å². The van der Waals surface area contributed by atoms with Gasteiger partial charge in [-0.25, -0.2) is 0 Å². The molecule has 21 heavy (non-hydrogen) atoms. The SMILES string of the molecule is Cc1csc(=O)n1CCN(C)CCOc1ccc(Cl)cc1. The summed E-state index contributed by atoms with van der Waals surface area (Å²) >= 11 is 7.07. The highest BCUT2D eigenvalue weighted by molar-refractivity contribution is 7.07. The van der Waals surface area contributed by atoms with Gasteiger partial charge < -0.3 is 14.2 Å². The summed E-state index contributed by atoms with van der Waals surface area (Å²) in [6, 6.07) is 7.34. The number of hydrogen-bond donors (Lipinski definition) is 0. The minimum Gasteiger partial charge on any atom is -0.492 e. The molecular formula is C15H19ClN2O2S. The number of rotatable bonds is 7. The minimum absolute atomic E-state index is 0.110. The Morgan fingerprint density at radius 3 is 2.62 bits per heavy atom. The van der Waals surface area contributed by atoms with Crippen LogP contribution in [0.25, 0.3) is 0 Å². The van der Waals surface area contributed by atoms with Gasteiger partial charge in [-0.15, -0.1) is 0 Å². The smallest absolute Gasteiger partial charge is 0.307 e. The van der Waals surface area contributed by atoms with Crippen molar-refractivity contribution in [1.82, 2.24) is 9.47 Å². The predicted octanol–water partition coefficient (Wildman–Crippen LogP) is 2.88. The van der Waals surface area contributed by atoms with Crippen molar-refractivity contribution in [1.29, 1.82) is 0 Å². The van der Waals surface area contributed by atoms with Crippen LogP contribution < -0.4 is 9.61 Å². The fraction of sp³-hybridized carbons (Fsp3) is 0.400. The van der Waals surface area contributed by atoms with E-state index in [1.165, 1.54) is 11.3 Å². The van der Waals surface area contributed by atoms with Crippen LogP contribution >= 0.6 is 22.9 Å². The summed E-state index contributed by atoms with van der Waals surface area (Å²) in [5.74, 6) is 0.817. The van der Waals surface area contributed by atoms with E-state index in [0.29, 0.717) is 18.2 Å². The van der Waals surface area contributed by atoms with Gasteiger partial charge in [-0.1, -0.05) is 22.9 Å². The van der Waals surface area contributed by atoms with E-state index in [9.17, 15) is 4.79 Å². The highest BCUT2D eigenvalue weighted by Gasteiger charge is 2.04. The molecule has 0 aliphatic carbocycles. The Kier molecular flexibility index (Phi) is 5.85. The standard InChI is InChI=1S/C15H19ClN2O2S/c1-12-11-21-15(19)18(12)8-7-17(2)9-10-20-14-5-3-13(16)4-6-14/h3-6,11H,7-10H2,1-2H3. The molecule has 0 fully saturated rings. The van der Waals surface area contributed by atoms with Crippen molar-refractivity contribution in [3.05, 3.63) is 50.0 Å². The quantitative estimate of drug-likeness (QED) is 0.784. The molecule has 0 atom stereocenters. The van der Waals surface area contributed by atoms with E-state index < -0.39 is 0 Å². The molecule has 2 aromatic rings. The molecular weight excluding hydrogens is 308 g/mol. The van der Waals surface area contributed by atoms with Crippen molar-refractivity contribution < 1.29 is 4.74 Å². The van der Waals surface area contributed by atoms with Gasteiger partial charge in [-0.3, -0.25) is 4.79 Å². The molecule has 0 saturated carbocycles. The number of benzene rings is 1. The van der Waals surface area contributed by atoms with Crippen LogP contribution in [0.3, 0.4) is 0 Å². The first kappa shape index (κ1) is 16.1. The summed E-state index contributed by atoms with van der Waals surface area (Å²) in [7, 11) is 2.03. The van der Waals surface area contributed by atoms with Gasteiger partial charge in [0.2, 0.25) is 0 Å². The number of hydrogen-bond acceptors (Lipinski definition) is 4. The summed E-state index contributed by atoms with van der Waals surface area (Å²) in [6.45, 7) is 4.91. The molecule has 0 aliphatic heterocycles. The van der Waals surface area contributed by atoms with E-state index >= 15 is 0 Å². The van der Waals surface area contributed by atoms with Gasteiger partial charge in [0, 0.05) is 35.7 Å². The number of likely N-dealkylation sites (N-methyl/N-ethyl adjacent to an activating group) is 1. The summed E-state index contributed by atoms with van der Waals surface area (Å²) < 4.78 is 7.46. The van der Waals surface area contributed by atoms with Gasteiger partial charge in [-0.05, 0) is 38.2 Å². The Morgan fingerprint density at radius 1 is 1.29 bits per heavy atom. The van der Waals surface area contributed by atoms with Crippen LogP contribution in [-0.2, 0) is 6.54 Å². The molecule has 0 spiro atoms. The molecule has 6 heteroatoms. The zero-order chi connectivity index (χ0) is 15.2. The second-order valence-electron chi connectivity index (χ2n) is 4.90. The van der Waals surface area contributed by atoms with Gasteiger partial charge in [0.25, 0.3) is 0 Å². The van der Waals surface area contributed by atoms with E-state index in [0.717, 1.165) is 24.5 Å². The van der Waals surface area contributed by atoms with Gasteiger partial charge in [-0.2, -0.15) is 0 Å². The lowest BCUT2D eigenvalue weighted by molar-refractivity contribution is 0.232. The Balaban J connectivity index is 1.71. The van der Waals surface area contributed by atoms with Crippen molar-refractivity contribution in [3.8, 4) is 5.75 Å². The van der Waals surface area contributed by atoms with Crippen molar-refractivity contribution in [2.24, 2.45) is 0 Å². The van der Waals surface area contributed by atoms with Crippen molar-refractivity contribution in [2.75, 3.05) is 26.7 Å². The number of halogens is 1. The maximum atomic E-state index is 11.6. The molecule has 0 unspecified atom stereocenters. The topological polar surface area (TPSA) is 34.5 Å². The molecule has 4 nitrogen and oxygen atoms in total. The molecule has 0 aliphatic rings. The predicted molar refractivity (Wildman–Crippen MR) is 87.8 cm³/mol. The Bertz CT molecular complexity index is 621. The van der Waals surface area contributed by atoms with Crippen LogP contribution in [0.2, 0.25) is 5.02 Å². The van der Waals surface area contributed by atoms with Crippen LogP contribution in [0.5, 0.6) is 5.75 Å². The zero-order valence-electron chi connectivity index (χ0n) is 12.2. The maximum absolute atomic E-state index is 11.6. The molecule has 0 N–H and O–H groups in total. The number of thiazole rings is 1. The second kappa shape index (κ2) is 7.64. The molecule has 114 valence electrons. The number of aromatic nitrogens is 1. The van der Waals surface area contributed by atoms with E-state index in [2.05, 4.69) is 4.90 Å². The summed E-state index contributed by atoms with van der Waals surface area (Å²) in [6.07, 6.45) is 0. The molecule has 1 aromatic carbocycles. The normalized spacial score (nSPS) is 11.0. The van der Waals surface area contributed by atoms with Crippen molar-refractivity contribution in [2.45, 2.75) is 13.5 Å². The van der Waals surface area contributed by atoms with Crippen LogP contribution in [-0.4, -0.2) is 36.2 Å². The van der Waals surface area contributed by atoms with Crippen LogP contribution in [0.4, 0.5) is 0 Å². The lowest BCUT2D eigenvalue weighted by atomic mass is 10.3. The zero-order valence-corrected chi connectivity index (χ0v) is 13.8. The summed E-state index contributed by atoms with van der Waals surface area (Å²) in [5, 5.41) is 2.60. The van der Waals surface area contributed by atoms with Crippen molar-refractivity contribution >= 4 is 22.9 Å². The molecule has 1 aromatic heterocycles. The number of aryl methyl sites for hydroxylation is 1. The molecule has 2 rings (SSSR count). The van der Waals surface area contributed by atoms with Gasteiger partial charge in [0.1, 0.15) is 12.4 Å². The van der Waals surface area contributed by atoms with Crippen LogP contribution in [0, 0.1) is 6.92 Å². The van der Waals surface area contributed by atoms with Gasteiger partial charge in [0.05, 0.1) is 0 Å². The van der Waals surface area contributed by atoms with E-state index in [1.54, 1.807) is 4.57 Å². The third-order valence-electron chi connectivity index (χ3n) is 3.24. The monoisotopic (exact) mass is 326 g/mol. The fourth-order valence-corrected chi connectivity index (χ4v) is 2.79. The van der Waals surface area contributed by atoms with Crippen molar-refractivity contribution in [3.63, 3.8) is 0 Å². The molecule has 1 heterocycles. The largest absolute Gasteiger partial charge is 0.492 e. The Labute approximate surface area is 133 Å². The molecule has 0 radical (unpaired) electrons. The first-order valence-electron chi connectivity index (χ1n) is 6.78. The third-order valence-corrected chi connectivity index (χ3v) is 4.37. The van der Waals surface area contributed by atoms with Gasteiger partial charge >= 0.3 is 4.87 Å². The number of nitrogens with zero attached hydrogens (tertiary/aromatic N) is 2.